The van der Waals surface area contributed by atoms with Gasteiger partial charge in [-0.15, -0.1) is 0 Å². The van der Waals surface area contributed by atoms with Gasteiger partial charge in [0, 0.05) is 20.8 Å². The summed E-state index contributed by atoms with van der Waals surface area (Å²) in [4.78, 5) is 37.9. The molecule has 1 unspecified atom stereocenters. The molecule has 7 saturated heterocycles. The normalized spacial score (nSPS) is 49.4. The highest BCUT2D eigenvalue weighted by Crippen LogP contribution is 2.39. The second-order valence-electron chi connectivity index (χ2n) is 21.8. The Balaban J connectivity index is 1.20. The van der Waals surface area contributed by atoms with Crippen LogP contribution < -0.4 is 16.0 Å². The predicted molar refractivity (Wildman–Crippen MR) is 265 cm³/mol. The number of carbonyl (C=O) groups is 3. The molecule has 7 heterocycles. The molecular weight excluding hydrogens is 1180 g/mol. The van der Waals surface area contributed by atoms with Crippen LogP contribution in [0.1, 0.15) is 27.7 Å². The van der Waals surface area contributed by atoms with E-state index in [1.54, 1.807) is 0 Å². The molecule has 38 heteroatoms. The summed E-state index contributed by atoms with van der Waals surface area (Å²) in [6.45, 7) is -1.90. The highest BCUT2D eigenvalue weighted by molar-refractivity contribution is 5.74. The highest BCUT2D eigenvalue weighted by Gasteiger charge is 2.60. The van der Waals surface area contributed by atoms with E-state index in [1.807, 2.05) is 0 Å². The average molecular weight is 1260 g/mol. The Morgan fingerprint density at radius 3 is 1.07 bits per heavy atom. The molecule has 0 aromatic heterocycles. The molecule has 22 N–H and O–H groups in total. The highest BCUT2D eigenvalue weighted by atomic mass is 16.8. The van der Waals surface area contributed by atoms with Crippen molar-refractivity contribution >= 4 is 17.7 Å². The first-order valence-electron chi connectivity index (χ1n) is 27.5. The zero-order chi connectivity index (χ0) is 63.5. The van der Waals surface area contributed by atoms with Crippen LogP contribution in [0.15, 0.2) is 0 Å². The van der Waals surface area contributed by atoms with Crippen LogP contribution in [0.5, 0.6) is 0 Å². The molecule has 38 nitrogen and oxygen atoms in total. The molecule has 0 saturated carbocycles. The maximum atomic E-state index is 13.2. The molecular formula is C48H81N3O35. The van der Waals surface area contributed by atoms with E-state index in [0.29, 0.717) is 0 Å². The first-order chi connectivity index (χ1) is 40.6. The van der Waals surface area contributed by atoms with Gasteiger partial charge in [0.25, 0.3) is 0 Å². The van der Waals surface area contributed by atoms with E-state index < -0.39 is 272 Å². The zero-order valence-electron chi connectivity index (χ0n) is 46.5. The Kier molecular flexibility index (Phi) is 25.0. The first kappa shape index (κ1) is 70.6. The van der Waals surface area contributed by atoms with Crippen molar-refractivity contribution in [3.05, 3.63) is 0 Å². The lowest BCUT2D eigenvalue weighted by atomic mass is 9.93. The fourth-order valence-corrected chi connectivity index (χ4v) is 11.1. The van der Waals surface area contributed by atoms with Crippen LogP contribution in [0.25, 0.3) is 0 Å². The molecule has 3 amide bonds. The molecule has 7 aliphatic rings. The molecule has 7 aliphatic heterocycles. The van der Waals surface area contributed by atoms with Gasteiger partial charge in [0.05, 0.1) is 45.7 Å². The lowest BCUT2D eigenvalue weighted by molar-refractivity contribution is -0.396. The maximum absolute atomic E-state index is 13.2. The number of ether oxygens (including phenoxy) is 13. The van der Waals surface area contributed by atoms with Gasteiger partial charge < -0.3 is 175 Å². The number of aliphatic hydroxyl groups is 19. The van der Waals surface area contributed by atoms with E-state index in [-0.39, 0.29) is 0 Å². The van der Waals surface area contributed by atoms with Crippen molar-refractivity contribution in [1.29, 1.82) is 0 Å². The number of amides is 3. The van der Waals surface area contributed by atoms with Crippen LogP contribution in [0.3, 0.4) is 0 Å². The molecule has 7 fully saturated rings. The minimum Gasteiger partial charge on any atom is -0.394 e. The topological polar surface area (TPSA) is 592 Å². The number of aliphatic hydroxyl groups excluding tert-OH is 19. The Hall–Kier alpha value is -2.87. The largest absolute Gasteiger partial charge is 0.394 e. The molecule has 0 aromatic carbocycles. The molecule has 7 rings (SSSR count). The summed E-state index contributed by atoms with van der Waals surface area (Å²) in [6, 6.07) is -5.32. The Morgan fingerprint density at radius 1 is 0.302 bits per heavy atom. The molecule has 0 bridgehead atoms. The van der Waals surface area contributed by atoms with Crippen molar-refractivity contribution in [3.8, 4) is 0 Å². The van der Waals surface area contributed by atoms with E-state index in [2.05, 4.69) is 16.0 Å². The van der Waals surface area contributed by atoms with Gasteiger partial charge in [-0.3, -0.25) is 14.4 Å². The van der Waals surface area contributed by atoms with Crippen LogP contribution in [-0.2, 0) is 76.0 Å². The lowest BCUT2D eigenvalue weighted by Gasteiger charge is -2.52. The third-order valence-corrected chi connectivity index (χ3v) is 15.7. The molecule has 0 aromatic rings. The van der Waals surface area contributed by atoms with Gasteiger partial charge in [-0.1, -0.05) is 0 Å². The van der Waals surface area contributed by atoms with Crippen LogP contribution in [-0.4, -0.2) is 369 Å². The Labute approximate surface area is 488 Å². The van der Waals surface area contributed by atoms with Crippen molar-refractivity contribution in [2.75, 3.05) is 39.6 Å². The van der Waals surface area contributed by atoms with Gasteiger partial charge in [-0.2, -0.15) is 0 Å². The molecule has 0 spiro atoms. The number of hydrogen-bond acceptors (Lipinski definition) is 35. The van der Waals surface area contributed by atoms with Gasteiger partial charge >= 0.3 is 0 Å². The predicted octanol–water partition coefficient (Wildman–Crippen LogP) is -14.8. The number of carbonyl (C=O) groups excluding carboxylic acids is 3. The van der Waals surface area contributed by atoms with Crippen LogP contribution >= 0.6 is 0 Å². The van der Waals surface area contributed by atoms with E-state index in [1.165, 1.54) is 6.92 Å². The lowest BCUT2D eigenvalue weighted by Crippen LogP contribution is -2.72. The second-order valence-corrected chi connectivity index (χ2v) is 21.8. The van der Waals surface area contributed by atoms with Crippen LogP contribution in [0, 0.1) is 0 Å². The summed E-state index contributed by atoms with van der Waals surface area (Å²) in [6.07, 6.45) is -62.1. The zero-order valence-corrected chi connectivity index (χ0v) is 46.5. The molecule has 35 atom stereocenters. The van der Waals surface area contributed by atoms with E-state index >= 15 is 0 Å². The third kappa shape index (κ3) is 15.2. The minimum atomic E-state index is -2.33. The standard InChI is InChI=1S/C48H81N3O35/c1-11-24(61)30(67)32(69)45(74-11)84-39-23(51-14(4)60)44(86-41-27(64)16(6-53)77-47(34(41)71)82-36-18(8-55)75-42(73)21(28(36)65)49-12(2)58)80-20(10-57)38(39)83-48-35(72)40(26(63)17(7-54)78-48)85-43-22(50-13(3)59)29(66)37(19(9-56)79-43)81-46-33(70)31(68)25(62)15(5-52)76-46/h11,15-48,52-57,61-73H,5-10H2,1-4H3,(H,49,58)(H,50,59)(H,51,60)/t11-,15+,16+,17+,18+,19+,20+,21+,22+,23+,24+,25-,26-,27-,28+,29+,30+,31-,32-,33+,34+,35+,36+,37+,38+,39+,40-,41-,42?,43-,44-,45-,46-,47-,48-/m0/s1. The van der Waals surface area contributed by atoms with E-state index in [4.69, 9.17) is 61.6 Å². The van der Waals surface area contributed by atoms with Gasteiger partial charge in [0.15, 0.2) is 44.0 Å². The first-order valence-corrected chi connectivity index (χ1v) is 27.5. The minimum absolute atomic E-state index is 0.743. The Bertz CT molecular complexity index is 2170. The molecule has 0 radical (unpaired) electrons. The van der Waals surface area contributed by atoms with Crippen LogP contribution in [0.4, 0.5) is 0 Å². The second kappa shape index (κ2) is 30.5. The quantitative estimate of drug-likeness (QED) is 0.0507. The van der Waals surface area contributed by atoms with Crippen molar-refractivity contribution < 1.29 is 173 Å². The summed E-state index contributed by atoms with van der Waals surface area (Å²) >= 11 is 0. The summed E-state index contributed by atoms with van der Waals surface area (Å²) < 4.78 is 76.3. The van der Waals surface area contributed by atoms with Gasteiger partial charge in [-0.25, -0.2) is 0 Å². The van der Waals surface area contributed by atoms with Gasteiger partial charge in [0.1, 0.15) is 165 Å². The SMILES string of the molecule is CC(=O)N[C@H]1[C@H](O[C@H]2[C@@H](O)[C@@H](CO)O[C@@H](O[C@H]3[C@H](O[C@@H]4O[C@@H](C)[C@@H](O)[C@@H](O)[C@@H]4O)[C@@H](NC(C)=O)[C@H](O[C@H]4[C@@H](O)[C@@H](CO)O[C@@H](O[C@H]5[C@H](O)[C@@H](NC(C)=O)C(O)O[C@@H]5CO)[C@@H]4O)O[C@@H]3CO)[C@@H]2O)O[C@H](CO)[C@@H](O[C@@H]2O[C@H](CO)[C@H](O)[C@H](O)[C@H]2O)[C@@H]1O. The fraction of sp³-hybridized carbons (Fsp3) is 0.938. The molecule has 86 heavy (non-hydrogen) atoms. The van der Waals surface area contributed by atoms with Crippen LogP contribution in [0.2, 0.25) is 0 Å². The van der Waals surface area contributed by atoms with E-state index in [9.17, 15) is 111 Å². The van der Waals surface area contributed by atoms with Crippen molar-refractivity contribution in [2.45, 2.75) is 242 Å². The number of hydrogen-bond donors (Lipinski definition) is 22. The van der Waals surface area contributed by atoms with Crippen molar-refractivity contribution in [3.63, 3.8) is 0 Å². The third-order valence-electron chi connectivity index (χ3n) is 15.7. The number of rotatable bonds is 21. The molecule has 498 valence electrons. The van der Waals surface area contributed by atoms with Crippen molar-refractivity contribution in [2.24, 2.45) is 0 Å². The maximum Gasteiger partial charge on any atom is 0.217 e. The summed E-state index contributed by atoms with van der Waals surface area (Å²) in [5.41, 5.74) is 0. The summed E-state index contributed by atoms with van der Waals surface area (Å²) in [5.74, 6) is -2.55. The fourth-order valence-electron chi connectivity index (χ4n) is 11.1. The monoisotopic (exact) mass is 1260 g/mol. The smallest absolute Gasteiger partial charge is 0.217 e. The van der Waals surface area contributed by atoms with Gasteiger partial charge in [0.2, 0.25) is 17.7 Å². The number of nitrogens with one attached hydrogen (secondary N) is 3. The van der Waals surface area contributed by atoms with Gasteiger partial charge in [-0.05, 0) is 6.92 Å². The Morgan fingerprint density at radius 2 is 0.616 bits per heavy atom. The summed E-state index contributed by atoms with van der Waals surface area (Å²) in [7, 11) is 0. The van der Waals surface area contributed by atoms with E-state index in [0.717, 1.165) is 20.8 Å². The average Bonchev–Trinajstić information content (AvgIpc) is 0.896. The summed E-state index contributed by atoms with van der Waals surface area (Å²) in [5, 5.41) is 214. The van der Waals surface area contributed by atoms with Crippen molar-refractivity contribution in [1.82, 2.24) is 16.0 Å². The molecule has 0 aliphatic carbocycles.